The minimum absolute atomic E-state index is 0.0171. The number of amides is 1. The number of aromatic nitrogens is 4. The third-order valence-electron chi connectivity index (χ3n) is 4.76. The summed E-state index contributed by atoms with van der Waals surface area (Å²) in [5.41, 5.74) is 3.44. The number of aliphatic hydroxyl groups is 1. The van der Waals surface area contributed by atoms with Crippen molar-refractivity contribution in [2.24, 2.45) is 5.92 Å². The first kappa shape index (κ1) is 14.4. The van der Waals surface area contributed by atoms with Crippen molar-refractivity contribution in [1.82, 2.24) is 25.3 Å². The molecule has 0 aromatic carbocycles. The lowest BCUT2D eigenvalue weighted by molar-refractivity contribution is 0.0759. The summed E-state index contributed by atoms with van der Waals surface area (Å²) in [6.07, 6.45) is 2.49. The van der Waals surface area contributed by atoms with E-state index in [0.29, 0.717) is 31.1 Å². The van der Waals surface area contributed by atoms with Crippen LogP contribution in [0.4, 0.5) is 0 Å². The predicted molar refractivity (Wildman–Crippen MR) is 83.0 cm³/mol. The van der Waals surface area contributed by atoms with Gasteiger partial charge >= 0.3 is 0 Å². The van der Waals surface area contributed by atoms with Crippen molar-refractivity contribution in [2.45, 2.75) is 38.2 Å². The maximum Gasteiger partial charge on any atom is 0.274 e. The van der Waals surface area contributed by atoms with Crippen LogP contribution in [-0.2, 0) is 6.42 Å². The van der Waals surface area contributed by atoms with Crippen molar-refractivity contribution in [2.75, 3.05) is 13.1 Å². The molecule has 1 saturated carbocycles. The Morgan fingerprint density at radius 2 is 2.13 bits per heavy atom. The molecule has 122 valence electrons. The van der Waals surface area contributed by atoms with Crippen molar-refractivity contribution in [1.29, 1.82) is 0 Å². The quantitative estimate of drug-likeness (QED) is 0.784. The van der Waals surface area contributed by atoms with Gasteiger partial charge in [0.1, 0.15) is 5.69 Å². The van der Waals surface area contributed by atoms with Crippen LogP contribution < -0.4 is 0 Å². The van der Waals surface area contributed by atoms with E-state index < -0.39 is 6.10 Å². The molecule has 0 bridgehead atoms. The van der Waals surface area contributed by atoms with Crippen LogP contribution in [0.5, 0.6) is 0 Å². The molecular weight excluding hydrogens is 294 g/mol. The summed E-state index contributed by atoms with van der Waals surface area (Å²) in [7, 11) is 0. The number of carbonyl (C=O) groups is 1. The van der Waals surface area contributed by atoms with Crippen LogP contribution in [0.2, 0.25) is 0 Å². The molecule has 4 rings (SSSR count). The minimum Gasteiger partial charge on any atom is -0.391 e. The molecule has 2 aliphatic rings. The lowest BCUT2D eigenvalue weighted by Crippen LogP contribution is -2.29. The summed E-state index contributed by atoms with van der Waals surface area (Å²) >= 11 is 0. The summed E-state index contributed by atoms with van der Waals surface area (Å²) < 4.78 is 0. The van der Waals surface area contributed by atoms with E-state index in [1.54, 1.807) is 4.90 Å². The Kier molecular flexibility index (Phi) is 3.45. The van der Waals surface area contributed by atoms with Gasteiger partial charge in [0.05, 0.1) is 11.8 Å². The SMILES string of the molecule is Cc1cc(C[C@@H]2CN(C(=O)c3cc(C4CC4)[nH]n3)C[C@@H]2O)n[nH]1. The van der Waals surface area contributed by atoms with Crippen molar-refractivity contribution in [3.05, 3.63) is 34.9 Å². The van der Waals surface area contributed by atoms with E-state index in [9.17, 15) is 9.90 Å². The molecule has 7 nitrogen and oxygen atoms in total. The molecule has 2 aromatic rings. The van der Waals surface area contributed by atoms with E-state index in [1.165, 1.54) is 12.8 Å². The van der Waals surface area contributed by atoms with E-state index >= 15 is 0 Å². The zero-order valence-electron chi connectivity index (χ0n) is 13.1. The van der Waals surface area contributed by atoms with Crippen molar-refractivity contribution < 1.29 is 9.90 Å². The first-order valence-electron chi connectivity index (χ1n) is 8.13. The number of β-amino-alcohol motifs (C(OH)–C–C–N with tert-alkyl or cyclic N) is 1. The fourth-order valence-corrected chi connectivity index (χ4v) is 3.28. The highest BCUT2D eigenvalue weighted by molar-refractivity contribution is 5.92. The lowest BCUT2D eigenvalue weighted by Gasteiger charge is -2.14. The largest absolute Gasteiger partial charge is 0.391 e. The molecule has 1 saturated heterocycles. The molecule has 2 fully saturated rings. The van der Waals surface area contributed by atoms with Crippen LogP contribution in [-0.4, -0.2) is 55.5 Å². The van der Waals surface area contributed by atoms with Gasteiger partial charge in [-0.2, -0.15) is 10.2 Å². The van der Waals surface area contributed by atoms with Gasteiger partial charge in [0.2, 0.25) is 0 Å². The van der Waals surface area contributed by atoms with E-state index in [1.807, 2.05) is 19.1 Å². The fourth-order valence-electron chi connectivity index (χ4n) is 3.28. The zero-order chi connectivity index (χ0) is 16.0. The predicted octanol–water partition coefficient (Wildman–Crippen LogP) is 0.994. The monoisotopic (exact) mass is 315 g/mol. The maximum atomic E-state index is 12.6. The van der Waals surface area contributed by atoms with Gasteiger partial charge in [-0.15, -0.1) is 0 Å². The Balaban J connectivity index is 1.42. The first-order valence-corrected chi connectivity index (χ1v) is 8.13. The Labute approximate surface area is 134 Å². The fraction of sp³-hybridized carbons (Fsp3) is 0.562. The van der Waals surface area contributed by atoms with Crippen LogP contribution in [0, 0.1) is 12.8 Å². The van der Waals surface area contributed by atoms with Crippen LogP contribution in [0.3, 0.4) is 0 Å². The maximum absolute atomic E-state index is 12.6. The van der Waals surface area contributed by atoms with Crippen molar-refractivity contribution in [3.63, 3.8) is 0 Å². The highest BCUT2D eigenvalue weighted by Crippen LogP contribution is 2.39. The van der Waals surface area contributed by atoms with Crippen LogP contribution >= 0.6 is 0 Å². The Morgan fingerprint density at radius 3 is 2.83 bits per heavy atom. The standard InChI is InChI=1S/C16H21N5O2/c1-9-4-12(18-17-9)5-11-7-21(8-15(11)22)16(23)14-6-13(19-20-14)10-2-3-10/h4,6,10-11,15,22H,2-3,5,7-8H2,1H3,(H,17,18)(H,19,20)/t11-,15+/m1/s1. The highest BCUT2D eigenvalue weighted by Gasteiger charge is 2.36. The molecule has 0 spiro atoms. The van der Waals surface area contributed by atoms with Crippen LogP contribution in [0.15, 0.2) is 12.1 Å². The average Bonchev–Trinajstić information content (AvgIpc) is 2.94. The number of hydrogen-bond donors (Lipinski definition) is 3. The van der Waals surface area contributed by atoms with Gasteiger partial charge in [0, 0.05) is 36.3 Å². The molecule has 2 atom stereocenters. The van der Waals surface area contributed by atoms with Crippen LogP contribution in [0.1, 0.15) is 46.3 Å². The molecule has 2 aromatic heterocycles. The lowest BCUT2D eigenvalue weighted by atomic mass is 10.0. The zero-order valence-corrected chi connectivity index (χ0v) is 13.1. The topological polar surface area (TPSA) is 97.9 Å². The normalized spacial score (nSPS) is 24.3. The molecule has 3 N–H and O–H groups in total. The number of nitrogens with one attached hydrogen (secondary N) is 2. The number of aryl methyl sites for hydroxylation is 1. The Bertz CT molecular complexity index is 718. The summed E-state index contributed by atoms with van der Waals surface area (Å²) in [5.74, 6) is 0.459. The third kappa shape index (κ3) is 2.88. The van der Waals surface area contributed by atoms with Gasteiger partial charge in [0.15, 0.2) is 0 Å². The number of aromatic amines is 2. The minimum atomic E-state index is -0.516. The summed E-state index contributed by atoms with van der Waals surface area (Å²) in [6.45, 7) is 2.85. The second-order valence-corrected chi connectivity index (χ2v) is 6.77. The van der Waals surface area contributed by atoms with Crippen LogP contribution in [0.25, 0.3) is 0 Å². The highest BCUT2D eigenvalue weighted by atomic mass is 16.3. The number of hydrogen-bond acceptors (Lipinski definition) is 4. The molecule has 0 unspecified atom stereocenters. The van der Waals surface area contributed by atoms with Gasteiger partial charge in [0.25, 0.3) is 5.91 Å². The van der Waals surface area contributed by atoms with Gasteiger partial charge in [-0.25, -0.2) is 0 Å². The summed E-state index contributed by atoms with van der Waals surface area (Å²) in [5, 5.41) is 24.5. The Morgan fingerprint density at radius 1 is 1.30 bits per heavy atom. The molecule has 1 aliphatic heterocycles. The molecule has 1 amide bonds. The molecule has 1 aliphatic carbocycles. The van der Waals surface area contributed by atoms with Gasteiger partial charge in [-0.1, -0.05) is 0 Å². The third-order valence-corrected chi connectivity index (χ3v) is 4.76. The number of H-pyrrole nitrogens is 2. The number of nitrogens with zero attached hydrogens (tertiary/aromatic N) is 3. The second kappa shape index (κ2) is 5.49. The number of likely N-dealkylation sites (tertiary alicyclic amines) is 1. The van der Waals surface area contributed by atoms with Crippen molar-refractivity contribution in [3.8, 4) is 0 Å². The number of rotatable bonds is 4. The Hall–Kier alpha value is -2.15. The first-order chi connectivity index (χ1) is 11.1. The molecule has 0 radical (unpaired) electrons. The average molecular weight is 315 g/mol. The van der Waals surface area contributed by atoms with E-state index in [0.717, 1.165) is 17.1 Å². The van der Waals surface area contributed by atoms with Gasteiger partial charge < -0.3 is 10.0 Å². The van der Waals surface area contributed by atoms with E-state index in [-0.39, 0.29) is 11.8 Å². The molecule has 23 heavy (non-hydrogen) atoms. The van der Waals surface area contributed by atoms with Gasteiger partial charge in [-0.05, 0) is 38.3 Å². The number of aliphatic hydroxyl groups excluding tert-OH is 1. The number of carbonyl (C=O) groups excluding carboxylic acids is 1. The van der Waals surface area contributed by atoms with Gasteiger partial charge in [-0.3, -0.25) is 15.0 Å². The summed E-state index contributed by atoms with van der Waals surface area (Å²) in [6, 6.07) is 3.84. The van der Waals surface area contributed by atoms with Crippen molar-refractivity contribution >= 4 is 5.91 Å². The molecule has 7 heteroatoms. The second-order valence-electron chi connectivity index (χ2n) is 6.77. The smallest absolute Gasteiger partial charge is 0.274 e. The van der Waals surface area contributed by atoms with E-state index in [2.05, 4.69) is 20.4 Å². The molecular formula is C16H21N5O2. The van der Waals surface area contributed by atoms with E-state index in [4.69, 9.17) is 0 Å². The summed E-state index contributed by atoms with van der Waals surface area (Å²) in [4.78, 5) is 14.3. The molecule has 3 heterocycles.